The third kappa shape index (κ3) is 3.21. The topological polar surface area (TPSA) is 79.8 Å². The second kappa shape index (κ2) is 5.95. The van der Waals surface area contributed by atoms with Gasteiger partial charge in [-0.1, -0.05) is 0 Å². The molecule has 6 nitrogen and oxygen atoms in total. The SMILES string of the molecule is CC(=O)c1c(C)[nH]c(C(=O)NC(C)Cn2cccn2)c1C. The average molecular weight is 288 g/mol. The van der Waals surface area contributed by atoms with Crippen LogP contribution >= 0.6 is 0 Å². The fraction of sp³-hybridized carbons (Fsp3) is 0.400. The van der Waals surface area contributed by atoms with Crippen LogP contribution in [0.1, 0.15) is 46.0 Å². The van der Waals surface area contributed by atoms with Crippen molar-refractivity contribution in [3.05, 3.63) is 41.0 Å². The van der Waals surface area contributed by atoms with Gasteiger partial charge >= 0.3 is 0 Å². The van der Waals surface area contributed by atoms with Gasteiger partial charge in [0.15, 0.2) is 5.78 Å². The number of aryl methyl sites for hydroxylation is 1. The van der Waals surface area contributed by atoms with E-state index in [1.54, 1.807) is 24.7 Å². The number of rotatable bonds is 5. The van der Waals surface area contributed by atoms with Gasteiger partial charge in [0.25, 0.3) is 5.91 Å². The molecule has 0 saturated carbocycles. The van der Waals surface area contributed by atoms with Crippen molar-refractivity contribution in [2.75, 3.05) is 0 Å². The van der Waals surface area contributed by atoms with Gasteiger partial charge in [-0.25, -0.2) is 0 Å². The Morgan fingerprint density at radius 1 is 1.43 bits per heavy atom. The zero-order valence-corrected chi connectivity index (χ0v) is 12.7. The molecule has 6 heteroatoms. The van der Waals surface area contributed by atoms with Crippen LogP contribution < -0.4 is 5.32 Å². The van der Waals surface area contributed by atoms with Crippen LogP contribution in [0.15, 0.2) is 18.5 Å². The van der Waals surface area contributed by atoms with Crippen molar-refractivity contribution in [2.45, 2.75) is 40.3 Å². The summed E-state index contributed by atoms with van der Waals surface area (Å²) in [6, 6.07) is 1.77. The number of carbonyl (C=O) groups excluding carboxylic acids is 2. The molecule has 0 aliphatic heterocycles. The Kier molecular flexibility index (Phi) is 4.26. The lowest BCUT2D eigenvalue weighted by Crippen LogP contribution is -2.36. The molecule has 0 bridgehead atoms. The average Bonchev–Trinajstić information content (AvgIpc) is 2.97. The predicted octanol–water partition coefficient (Wildman–Crippen LogP) is 1.85. The number of ketones is 1. The zero-order valence-electron chi connectivity index (χ0n) is 12.7. The first kappa shape index (κ1) is 15.0. The van der Waals surface area contributed by atoms with E-state index in [9.17, 15) is 9.59 Å². The summed E-state index contributed by atoms with van der Waals surface area (Å²) < 4.78 is 1.76. The Morgan fingerprint density at radius 2 is 2.14 bits per heavy atom. The molecule has 2 heterocycles. The molecule has 1 atom stereocenters. The van der Waals surface area contributed by atoms with E-state index in [-0.39, 0.29) is 17.7 Å². The van der Waals surface area contributed by atoms with Crippen molar-refractivity contribution in [3.8, 4) is 0 Å². The maximum absolute atomic E-state index is 12.3. The van der Waals surface area contributed by atoms with Crippen LogP contribution in [0.25, 0.3) is 0 Å². The lowest BCUT2D eigenvalue weighted by Gasteiger charge is -2.13. The number of hydrogen-bond donors (Lipinski definition) is 2. The number of aromatic nitrogens is 3. The van der Waals surface area contributed by atoms with E-state index in [1.165, 1.54) is 6.92 Å². The summed E-state index contributed by atoms with van der Waals surface area (Å²) in [6.07, 6.45) is 3.55. The van der Waals surface area contributed by atoms with Gasteiger partial charge in [-0.2, -0.15) is 5.10 Å². The van der Waals surface area contributed by atoms with Gasteiger partial charge in [-0.3, -0.25) is 14.3 Å². The second-order valence-electron chi connectivity index (χ2n) is 5.28. The lowest BCUT2D eigenvalue weighted by atomic mass is 10.1. The largest absolute Gasteiger partial charge is 0.354 e. The van der Waals surface area contributed by atoms with Gasteiger partial charge in [-0.05, 0) is 39.3 Å². The van der Waals surface area contributed by atoms with Crippen molar-refractivity contribution >= 4 is 11.7 Å². The molecule has 0 spiro atoms. The quantitative estimate of drug-likeness (QED) is 0.824. The normalized spacial score (nSPS) is 12.2. The van der Waals surface area contributed by atoms with E-state index >= 15 is 0 Å². The fourth-order valence-electron chi connectivity index (χ4n) is 2.54. The highest BCUT2D eigenvalue weighted by molar-refractivity contribution is 6.02. The molecular formula is C15H20N4O2. The van der Waals surface area contributed by atoms with Crippen LogP contribution in [-0.2, 0) is 6.54 Å². The Morgan fingerprint density at radius 3 is 2.67 bits per heavy atom. The highest BCUT2D eigenvalue weighted by Crippen LogP contribution is 2.18. The van der Waals surface area contributed by atoms with E-state index in [1.807, 2.05) is 19.2 Å². The maximum atomic E-state index is 12.3. The molecule has 0 fully saturated rings. The monoisotopic (exact) mass is 288 g/mol. The minimum Gasteiger partial charge on any atom is -0.354 e. The molecule has 21 heavy (non-hydrogen) atoms. The Labute approximate surface area is 123 Å². The first-order chi connectivity index (χ1) is 9.90. The molecule has 2 rings (SSSR count). The van der Waals surface area contributed by atoms with E-state index in [0.29, 0.717) is 23.4 Å². The summed E-state index contributed by atoms with van der Waals surface area (Å²) >= 11 is 0. The Hall–Kier alpha value is -2.37. The number of nitrogens with one attached hydrogen (secondary N) is 2. The number of hydrogen-bond acceptors (Lipinski definition) is 3. The Bertz CT molecular complexity index is 656. The molecule has 0 aromatic carbocycles. The molecule has 0 aliphatic carbocycles. The van der Waals surface area contributed by atoms with E-state index in [2.05, 4.69) is 15.4 Å². The molecular weight excluding hydrogens is 268 g/mol. The van der Waals surface area contributed by atoms with Crippen LogP contribution in [0, 0.1) is 13.8 Å². The summed E-state index contributed by atoms with van der Waals surface area (Å²) in [4.78, 5) is 26.9. The molecule has 0 saturated heterocycles. The number of H-pyrrole nitrogens is 1. The van der Waals surface area contributed by atoms with Gasteiger partial charge in [0.2, 0.25) is 0 Å². The van der Waals surface area contributed by atoms with Crippen molar-refractivity contribution in [1.82, 2.24) is 20.1 Å². The molecule has 2 aromatic heterocycles. The summed E-state index contributed by atoms with van der Waals surface area (Å²) in [6.45, 7) is 7.60. The van der Waals surface area contributed by atoms with Crippen LogP contribution in [0.4, 0.5) is 0 Å². The van der Waals surface area contributed by atoms with Crippen molar-refractivity contribution in [1.29, 1.82) is 0 Å². The summed E-state index contributed by atoms with van der Waals surface area (Å²) in [5.74, 6) is -0.243. The van der Waals surface area contributed by atoms with Gasteiger partial charge in [0, 0.05) is 29.7 Å². The number of carbonyl (C=O) groups is 2. The molecule has 0 aliphatic rings. The molecule has 2 aromatic rings. The van der Waals surface area contributed by atoms with Crippen LogP contribution in [0.2, 0.25) is 0 Å². The van der Waals surface area contributed by atoms with Gasteiger partial charge in [0.05, 0.1) is 6.54 Å². The number of Topliss-reactive ketones (excluding diaryl/α,β-unsaturated/α-hetero) is 1. The Balaban J connectivity index is 2.10. The van der Waals surface area contributed by atoms with Crippen molar-refractivity contribution < 1.29 is 9.59 Å². The summed E-state index contributed by atoms with van der Waals surface area (Å²) in [5, 5.41) is 7.02. The minimum absolute atomic E-state index is 0.0371. The molecule has 1 amide bonds. The zero-order chi connectivity index (χ0) is 15.6. The van der Waals surface area contributed by atoms with E-state index in [4.69, 9.17) is 0 Å². The smallest absolute Gasteiger partial charge is 0.268 e. The minimum atomic E-state index is -0.206. The van der Waals surface area contributed by atoms with Gasteiger partial charge in [-0.15, -0.1) is 0 Å². The predicted molar refractivity (Wildman–Crippen MR) is 79.4 cm³/mol. The van der Waals surface area contributed by atoms with Crippen molar-refractivity contribution in [2.24, 2.45) is 0 Å². The lowest BCUT2D eigenvalue weighted by molar-refractivity contribution is 0.0930. The van der Waals surface area contributed by atoms with Crippen molar-refractivity contribution in [3.63, 3.8) is 0 Å². The number of amides is 1. The van der Waals surface area contributed by atoms with Gasteiger partial charge in [0.1, 0.15) is 5.69 Å². The van der Waals surface area contributed by atoms with Gasteiger partial charge < -0.3 is 10.3 Å². The molecule has 112 valence electrons. The standard InChI is InChI=1S/C15H20N4O2/c1-9(8-19-7-5-6-16-19)17-15(21)14-10(2)13(12(4)20)11(3)18-14/h5-7,9,18H,8H2,1-4H3,(H,17,21). The first-order valence-electron chi connectivity index (χ1n) is 6.88. The van der Waals surface area contributed by atoms with E-state index < -0.39 is 0 Å². The van der Waals surface area contributed by atoms with E-state index in [0.717, 1.165) is 5.69 Å². The second-order valence-corrected chi connectivity index (χ2v) is 5.28. The van der Waals surface area contributed by atoms with Crippen LogP contribution in [0.3, 0.4) is 0 Å². The number of aromatic amines is 1. The summed E-state index contributed by atoms with van der Waals surface area (Å²) in [7, 11) is 0. The first-order valence-corrected chi connectivity index (χ1v) is 6.88. The number of nitrogens with zero attached hydrogens (tertiary/aromatic N) is 2. The highest BCUT2D eigenvalue weighted by Gasteiger charge is 2.20. The highest BCUT2D eigenvalue weighted by atomic mass is 16.2. The third-order valence-corrected chi connectivity index (χ3v) is 3.41. The van der Waals surface area contributed by atoms with Crippen LogP contribution in [0.5, 0.6) is 0 Å². The fourth-order valence-corrected chi connectivity index (χ4v) is 2.54. The molecule has 0 radical (unpaired) electrons. The maximum Gasteiger partial charge on any atom is 0.268 e. The van der Waals surface area contributed by atoms with Crippen LogP contribution in [-0.4, -0.2) is 32.5 Å². The third-order valence-electron chi connectivity index (χ3n) is 3.41. The molecule has 2 N–H and O–H groups in total. The summed E-state index contributed by atoms with van der Waals surface area (Å²) in [5.41, 5.74) is 2.47. The molecule has 1 unspecified atom stereocenters.